The molecule has 0 aromatic heterocycles. The monoisotopic (exact) mass is 434 g/mol. The summed E-state index contributed by atoms with van der Waals surface area (Å²) in [5.74, 6) is 0.142. The first kappa shape index (κ1) is 20.4. The highest BCUT2D eigenvalue weighted by Crippen LogP contribution is 2.35. The molecule has 1 atom stereocenters. The summed E-state index contributed by atoms with van der Waals surface area (Å²) in [6.07, 6.45) is 2.50. The van der Waals surface area contributed by atoms with Crippen molar-refractivity contribution in [2.24, 2.45) is 0 Å². The number of hydrogen-bond acceptors (Lipinski definition) is 5. The highest BCUT2D eigenvalue weighted by atomic mass is 16.5. The molecule has 166 valence electrons. The molecule has 1 saturated heterocycles. The molecule has 8 nitrogen and oxygen atoms in total. The lowest BCUT2D eigenvalue weighted by molar-refractivity contribution is -0.139. The summed E-state index contributed by atoms with van der Waals surface area (Å²) in [7, 11) is 0. The molecular weight excluding hydrogens is 408 g/mol. The molecule has 0 saturated carbocycles. The molecule has 3 heterocycles. The second-order valence-electron chi connectivity index (χ2n) is 8.39. The van der Waals surface area contributed by atoms with Crippen molar-refractivity contribution in [2.75, 3.05) is 47.8 Å². The fourth-order valence-electron chi connectivity index (χ4n) is 4.61. The Morgan fingerprint density at radius 3 is 2.50 bits per heavy atom. The van der Waals surface area contributed by atoms with Crippen molar-refractivity contribution in [3.63, 3.8) is 0 Å². The Morgan fingerprint density at radius 1 is 0.969 bits per heavy atom. The summed E-state index contributed by atoms with van der Waals surface area (Å²) in [4.78, 5) is 43.9. The third kappa shape index (κ3) is 3.88. The van der Waals surface area contributed by atoms with E-state index >= 15 is 0 Å². The topological polar surface area (TPSA) is 82.2 Å². The van der Waals surface area contributed by atoms with Crippen molar-refractivity contribution in [1.29, 1.82) is 0 Å². The van der Waals surface area contributed by atoms with Crippen LogP contribution < -0.4 is 19.9 Å². The molecule has 5 rings (SSSR count). The molecule has 2 aromatic rings. The van der Waals surface area contributed by atoms with E-state index in [2.05, 4.69) is 5.32 Å². The van der Waals surface area contributed by atoms with Crippen LogP contribution >= 0.6 is 0 Å². The second-order valence-corrected chi connectivity index (χ2v) is 8.39. The van der Waals surface area contributed by atoms with Crippen LogP contribution in [0, 0.1) is 0 Å². The number of anilines is 3. The molecule has 3 amide bonds. The molecule has 0 aliphatic carbocycles. The number of benzene rings is 2. The maximum atomic E-state index is 13.3. The Bertz CT molecular complexity index is 1050. The van der Waals surface area contributed by atoms with Gasteiger partial charge in [-0.25, -0.2) is 0 Å². The molecule has 8 heteroatoms. The molecule has 32 heavy (non-hydrogen) atoms. The predicted octanol–water partition coefficient (Wildman–Crippen LogP) is 2.25. The van der Waals surface area contributed by atoms with E-state index in [1.165, 1.54) is 4.90 Å². The van der Waals surface area contributed by atoms with Gasteiger partial charge in [0, 0.05) is 13.1 Å². The Hall–Kier alpha value is -3.55. The first-order valence-electron chi connectivity index (χ1n) is 11.1. The maximum Gasteiger partial charge on any atom is 0.265 e. The van der Waals surface area contributed by atoms with Crippen molar-refractivity contribution in [2.45, 2.75) is 25.4 Å². The van der Waals surface area contributed by atoms with Crippen LogP contribution in [0.5, 0.6) is 5.75 Å². The second kappa shape index (κ2) is 8.53. The number of para-hydroxylation sites is 4. The molecular formula is C24H26N4O4. The largest absolute Gasteiger partial charge is 0.477 e. The third-order valence-corrected chi connectivity index (χ3v) is 6.20. The number of amides is 3. The van der Waals surface area contributed by atoms with Crippen LogP contribution in [0.15, 0.2) is 48.5 Å². The zero-order valence-electron chi connectivity index (χ0n) is 17.8. The Balaban J connectivity index is 1.38. The van der Waals surface area contributed by atoms with Gasteiger partial charge in [0.1, 0.15) is 12.3 Å². The number of likely N-dealkylation sites (tertiary alicyclic amines) is 1. The minimum absolute atomic E-state index is 0.0284. The summed E-state index contributed by atoms with van der Waals surface area (Å²) >= 11 is 0. The van der Waals surface area contributed by atoms with Crippen molar-refractivity contribution in [3.8, 4) is 5.75 Å². The van der Waals surface area contributed by atoms with Crippen LogP contribution in [0.4, 0.5) is 17.1 Å². The van der Waals surface area contributed by atoms with Gasteiger partial charge >= 0.3 is 0 Å². The number of carbonyl (C=O) groups is 3. The van der Waals surface area contributed by atoms with Crippen LogP contribution in [0.3, 0.4) is 0 Å². The maximum absolute atomic E-state index is 13.3. The first-order chi connectivity index (χ1) is 15.6. The smallest absolute Gasteiger partial charge is 0.265 e. The van der Waals surface area contributed by atoms with Gasteiger partial charge in [-0.05, 0) is 43.5 Å². The van der Waals surface area contributed by atoms with Gasteiger partial charge in [-0.15, -0.1) is 0 Å². The number of carbonyl (C=O) groups excluding carboxylic acids is 3. The Morgan fingerprint density at radius 2 is 1.69 bits per heavy atom. The van der Waals surface area contributed by atoms with Gasteiger partial charge in [-0.1, -0.05) is 24.3 Å². The normalized spacial score (nSPS) is 20.1. The fraction of sp³-hybridized carbons (Fsp3) is 0.375. The molecule has 1 N–H and O–H groups in total. The fourth-order valence-corrected chi connectivity index (χ4v) is 4.61. The number of rotatable bonds is 3. The SMILES string of the molecule is O=C1CN(C(=O)CN2C[C@H](C(=O)N3CCCCC3)Oc3ccccc32)c2ccccc2N1. The minimum Gasteiger partial charge on any atom is -0.477 e. The molecule has 0 spiro atoms. The van der Waals surface area contributed by atoms with E-state index in [1.807, 2.05) is 52.3 Å². The summed E-state index contributed by atoms with van der Waals surface area (Å²) in [6.45, 7) is 1.81. The lowest BCUT2D eigenvalue weighted by atomic mass is 10.1. The molecule has 3 aliphatic heterocycles. The predicted molar refractivity (Wildman–Crippen MR) is 121 cm³/mol. The van der Waals surface area contributed by atoms with E-state index in [-0.39, 0.29) is 30.8 Å². The molecule has 0 bridgehead atoms. The number of piperidine rings is 1. The Labute approximate surface area is 186 Å². The van der Waals surface area contributed by atoms with Crippen molar-refractivity contribution >= 4 is 34.8 Å². The van der Waals surface area contributed by atoms with E-state index in [9.17, 15) is 14.4 Å². The molecule has 3 aliphatic rings. The number of ether oxygens (including phenoxy) is 1. The Kier molecular flexibility index (Phi) is 5.43. The quantitative estimate of drug-likeness (QED) is 0.801. The van der Waals surface area contributed by atoms with Crippen LogP contribution in [0.25, 0.3) is 0 Å². The summed E-state index contributed by atoms with van der Waals surface area (Å²) in [5, 5.41) is 2.81. The zero-order valence-corrected chi connectivity index (χ0v) is 17.8. The highest BCUT2D eigenvalue weighted by Gasteiger charge is 2.36. The first-order valence-corrected chi connectivity index (χ1v) is 11.1. The van der Waals surface area contributed by atoms with E-state index in [1.54, 1.807) is 6.07 Å². The van der Waals surface area contributed by atoms with Crippen molar-refractivity contribution in [1.82, 2.24) is 4.90 Å². The van der Waals surface area contributed by atoms with Crippen LogP contribution in [-0.2, 0) is 14.4 Å². The molecule has 1 fully saturated rings. The van der Waals surface area contributed by atoms with E-state index in [4.69, 9.17) is 4.74 Å². The number of fused-ring (bicyclic) bond motifs is 2. The average Bonchev–Trinajstić information content (AvgIpc) is 2.83. The minimum atomic E-state index is -0.659. The van der Waals surface area contributed by atoms with E-state index in [0.29, 0.717) is 23.7 Å². The summed E-state index contributed by atoms with van der Waals surface area (Å²) in [5.41, 5.74) is 2.08. The van der Waals surface area contributed by atoms with Gasteiger partial charge in [0.25, 0.3) is 5.91 Å². The van der Waals surface area contributed by atoms with Crippen LogP contribution in [-0.4, -0.2) is 61.4 Å². The van der Waals surface area contributed by atoms with E-state index < -0.39 is 6.10 Å². The van der Waals surface area contributed by atoms with Gasteiger partial charge in [0.15, 0.2) is 6.10 Å². The number of hydrogen-bond donors (Lipinski definition) is 1. The highest BCUT2D eigenvalue weighted by molar-refractivity contribution is 6.11. The van der Waals surface area contributed by atoms with Crippen molar-refractivity contribution in [3.05, 3.63) is 48.5 Å². The van der Waals surface area contributed by atoms with Crippen LogP contribution in [0.1, 0.15) is 19.3 Å². The summed E-state index contributed by atoms with van der Waals surface area (Å²) < 4.78 is 6.06. The van der Waals surface area contributed by atoms with Crippen LogP contribution in [0.2, 0.25) is 0 Å². The van der Waals surface area contributed by atoms with E-state index in [0.717, 1.165) is 38.0 Å². The molecule has 0 unspecified atom stereocenters. The molecule has 2 aromatic carbocycles. The van der Waals surface area contributed by atoms with Gasteiger partial charge in [0.2, 0.25) is 11.8 Å². The summed E-state index contributed by atoms with van der Waals surface area (Å²) in [6, 6.07) is 14.7. The lowest BCUT2D eigenvalue weighted by Gasteiger charge is -2.39. The van der Waals surface area contributed by atoms with Gasteiger partial charge in [0.05, 0.1) is 30.2 Å². The lowest BCUT2D eigenvalue weighted by Crippen LogP contribution is -2.54. The van der Waals surface area contributed by atoms with Gasteiger partial charge in [-0.3, -0.25) is 19.3 Å². The number of nitrogens with zero attached hydrogens (tertiary/aromatic N) is 3. The average molecular weight is 434 g/mol. The number of nitrogens with one attached hydrogen (secondary N) is 1. The molecule has 0 radical (unpaired) electrons. The van der Waals surface area contributed by atoms with Gasteiger partial charge < -0.3 is 19.9 Å². The van der Waals surface area contributed by atoms with Crippen molar-refractivity contribution < 1.29 is 19.1 Å². The standard InChI is InChI=1S/C24H26N4O4/c29-22-15-28(18-9-3-2-8-17(18)25-22)23(30)16-27-14-21(24(31)26-12-6-1-7-13-26)32-20-11-5-4-10-19(20)27/h2-5,8-11,21H,1,6-7,12-16H2,(H,25,29)/t21-/m1/s1. The zero-order chi connectivity index (χ0) is 22.1. The van der Waals surface area contributed by atoms with Gasteiger partial charge in [-0.2, -0.15) is 0 Å². The third-order valence-electron chi connectivity index (χ3n) is 6.20.